The van der Waals surface area contributed by atoms with Gasteiger partial charge in [-0.1, -0.05) is 42.8 Å². The van der Waals surface area contributed by atoms with Crippen LogP contribution in [0, 0.1) is 12.8 Å². The molecular formula is C29H34N4O4. The van der Waals surface area contributed by atoms with Crippen LogP contribution in [0.4, 0.5) is 0 Å². The fraction of sp³-hybridized carbons (Fsp3) is 0.379. The molecule has 0 saturated carbocycles. The molecule has 8 nitrogen and oxygen atoms in total. The second-order valence-corrected chi connectivity index (χ2v) is 9.88. The van der Waals surface area contributed by atoms with Gasteiger partial charge >= 0.3 is 0 Å². The second kappa shape index (κ2) is 11.5. The Morgan fingerprint density at radius 3 is 2.65 bits per heavy atom. The number of hydrogen-bond acceptors (Lipinski definition) is 6. The van der Waals surface area contributed by atoms with E-state index in [0.717, 1.165) is 22.3 Å². The summed E-state index contributed by atoms with van der Waals surface area (Å²) in [5, 5.41) is 9.89. The molecule has 0 bridgehead atoms. The molecule has 2 aromatic heterocycles. The van der Waals surface area contributed by atoms with E-state index >= 15 is 0 Å². The van der Waals surface area contributed by atoms with Gasteiger partial charge in [0.1, 0.15) is 11.7 Å². The van der Waals surface area contributed by atoms with Crippen molar-refractivity contribution in [1.29, 1.82) is 0 Å². The lowest BCUT2D eigenvalue weighted by molar-refractivity contribution is -0.130. The number of carbonyl (C=O) groups is 2. The van der Waals surface area contributed by atoms with E-state index in [4.69, 9.17) is 4.74 Å². The topological polar surface area (TPSA) is 95.9 Å². The van der Waals surface area contributed by atoms with Crippen molar-refractivity contribution in [2.75, 3.05) is 26.7 Å². The zero-order valence-corrected chi connectivity index (χ0v) is 21.8. The zero-order chi connectivity index (χ0) is 26.5. The van der Waals surface area contributed by atoms with Gasteiger partial charge in [-0.2, -0.15) is 0 Å². The van der Waals surface area contributed by atoms with Crippen molar-refractivity contribution in [2.45, 2.75) is 39.3 Å². The van der Waals surface area contributed by atoms with Crippen LogP contribution >= 0.6 is 0 Å². The van der Waals surface area contributed by atoms with Crippen molar-refractivity contribution < 1.29 is 19.4 Å². The number of pyridine rings is 2. The van der Waals surface area contributed by atoms with E-state index in [0.29, 0.717) is 18.7 Å². The largest absolute Gasteiger partial charge is 0.472 e. The maximum absolute atomic E-state index is 13.6. The molecule has 3 aromatic rings. The summed E-state index contributed by atoms with van der Waals surface area (Å²) >= 11 is 0. The van der Waals surface area contributed by atoms with E-state index in [9.17, 15) is 14.7 Å². The molecule has 194 valence electrons. The third-order valence-corrected chi connectivity index (χ3v) is 6.86. The summed E-state index contributed by atoms with van der Waals surface area (Å²) in [6.07, 6.45) is 4.91. The second-order valence-electron chi connectivity index (χ2n) is 9.88. The highest BCUT2D eigenvalue weighted by Crippen LogP contribution is 2.30. The van der Waals surface area contributed by atoms with Crippen LogP contribution in [0.5, 0.6) is 5.88 Å². The number of benzene rings is 1. The van der Waals surface area contributed by atoms with Crippen LogP contribution in [0.25, 0.3) is 11.1 Å². The number of nitrogens with zero attached hydrogens (tertiary/aromatic N) is 4. The number of aliphatic hydroxyl groups excluding tert-OH is 1. The van der Waals surface area contributed by atoms with Crippen LogP contribution in [0.15, 0.2) is 61.1 Å². The minimum Gasteiger partial charge on any atom is -0.472 e. The molecule has 8 heteroatoms. The summed E-state index contributed by atoms with van der Waals surface area (Å²) in [7, 11) is 1.75. The Bertz CT molecular complexity index is 1230. The predicted molar refractivity (Wildman–Crippen MR) is 141 cm³/mol. The minimum atomic E-state index is -0.402. The smallest absolute Gasteiger partial charge is 0.259 e. The first-order chi connectivity index (χ1) is 17.8. The lowest BCUT2D eigenvalue weighted by Crippen LogP contribution is -2.50. The first-order valence-electron chi connectivity index (χ1n) is 12.5. The summed E-state index contributed by atoms with van der Waals surface area (Å²) in [6, 6.07) is 13.1. The van der Waals surface area contributed by atoms with Crippen LogP contribution in [-0.2, 0) is 11.2 Å². The maximum Gasteiger partial charge on any atom is 0.259 e. The maximum atomic E-state index is 13.6. The van der Waals surface area contributed by atoms with Gasteiger partial charge in [0.2, 0.25) is 11.8 Å². The molecule has 1 N–H and O–H groups in total. The monoisotopic (exact) mass is 502 g/mol. The normalized spacial score (nSPS) is 18.3. The van der Waals surface area contributed by atoms with Gasteiger partial charge in [0.25, 0.3) is 5.91 Å². The highest BCUT2D eigenvalue weighted by atomic mass is 16.5. The average molecular weight is 503 g/mol. The Balaban J connectivity index is 1.63. The standard InChI is InChI=1S/C29H34N4O4/c1-19-7-9-23(10-8-19)24-13-25-28(31-15-24)37-26(20(2)16-33(29(25)36)21(3)18-34)17-32(4)27(35)12-22-6-5-11-30-14-22/h5-11,13-15,20-21,26,34H,12,16-18H2,1-4H3/t20-,21+,26-/m1/s1. The number of rotatable bonds is 7. The molecule has 4 rings (SSSR count). The first kappa shape index (κ1) is 26.3. The van der Waals surface area contributed by atoms with Gasteiger partial charge in [-0.05, 0) is 37.1 Å². The van der Waals surface area contributed by atoms with Gasteiger partial charge in [0, 0.05) is 43.7 Å². The van der Waals surface area contributed by atoms with Crippen molar-refractivity contribution in [2.24, 2.45) is 5.92 Å². The molecule has 0 saturated heterocycles. The van der Waals surface area contributed by atoms with Gasteiger partial charge in [0.05, 0.1) is 25.6 Å². The molecule has 3 atom stereocenters. The Morgan fingerprint density at radius 2 is 1.97 bits per heavy atom. The number of amides is 2. The summed E-state index contributed by atoms with van der Waals surface area (Å²) in [5.41, 5.74) is 4.09. The summed E-state index contributed by atoms with van der Waals surface area (Å²) < 4.78 is 6.33. The van der Waals surface area contributed by atoms with Gasteiger partial charge in [-0.15, -0.1) is 0 Å². The molecule has 2 amide bonds. The summed E-state index contributed by atoms with van der Waals surface area (Å²) in [5.74, 6) is -0.159. The van der Waals surface area contributed by atoms with Crippen LogP contribution in [0.1, 0.15) is 35.3 Å². The van der Waals surface area contributed by atoms with E-state index in [1.807, 2.05) is 57.2 Å². The highest BCUT2D eigenvalue weighted by Gasteiger charge is 2.34. The fourth-order valence-electron chi connectivity index (χ4n) is 4.41. The Morgan fingerprint density at radius 1 is 1.22 bits per heavy atom. The van der Waals surface area contributed by atoms with E-state index in [2.05, 4.69) is 9.97 Å². The summed E-state index contributed by atoms with van der Waals surface area (Å²) in [4.78, 5) is 38.5. The number of carbonyl (C=O) groups excluding carboxylic acids is 2. The Hall–Kier alpha value is -3.78. The molecule has 0 unspecified atom stereocenters. The van der Waals surface area contributed by atoms with Crippen LogP contribution in [0.3, 0.4) is 0 Å². The number of aryl methyl sites for hydroxylation is 1. The number of ether oxygens (including phenoxy) is 1. The van der Waals surface area contributed by atoms with E-state index in [1.54, 1.807) is 41.5 Å². The van der Waals surface area contributed by atoms with Crippen LogP contribution < -0.4 is 4.74 Å². The molecule has 0 radical (unpaired) electrons. The molecule has 37 heavy (non-hydrogen) atoms. The molecule has 1 aromatic carbocycles. The predicted octanol–water partition coefficient (Wildman–Crippen LogP) is 3.37. The summed E-state index contributed by atoms with van der Waals surface area (Å²) in [6.45, 7) is 6.38. The van der Waals surface area contributed by atoms with Crippen molar-refractivity contribution in [3.8, 4) is 17.0 Å². The molecule has 1 aliphatic heterocycles. The highest BCUT2D eigenvalue weighted by molar-refractivity contribution is 5.98. The van der Waals surface area contributed by atoms with Crippen LogP contribution in [0.2, 0.25) is 0 Å². The van der Waals surface area contributed by atoms with Crippen molar-refractivity contribution in [1.82, 2.24) is 19.8 Å². The van der Waals surface area contributed by atoms with Gasteiger partial charge in [0.15, 0.2) is 0 Å². The van der Waals surface area contributed by atoms with Crippen molar-refractivity contribution in [3.63, 3.8) is 0 Å². The van der Waals surface area contributed by atoms with Gasteiger partial charge in [-0.25, -0.2) is 4.98 Å². The van der Waals surface area contributed by atoms with Crippen molar-refractivity contribution in [3.05, 3.63) is 77.7 Å². The number of fused-ring (bicyclic) bond motifs is 1. The minimum absolute atomic E-state index is 0.0505. The van der Waals surface area contributed by atoms with E-state index < -0.39 is 6.10 Å². The molecule has 3 heterocycles. The SMILES string of the molecule is Cc1ccc(-c2cnc3c(c2)C(=O)N([C@@H](C)CO)C[C@@H](C)[C@@H](CN(C)C(=O)Cc2cccnc2)O3)cc1. The third kappa shape index (κ3) is 6.14. The van der Waals surface area contributed by atoms with Gasteiger partial charge in [-0.3, -0.25) is 14.6 Å². The number of hydrogen-bond donors (Lipinski definition) is 1. The third-order valence-electron chi connectivity index (χ3n) is 6.86. The molecule has 0 fully saturated rings. The average Bonchev–Trinajstić information content (AvgIpc) is 2.91. The molecule has 0 spiro atoms. The Labute approximate surface area is 217 Å². The number of likely N-dealkylation sites (N-methyl/N-ethyl adjacent to an activating group) is 1. The molecular weight excluding hydrogens is 468 g/mol. The lowest BCUT2D eigenvalue weighted by atomic mass is 9.99. The van der Waals surface area contributed by atoms with Crippen molar-refractivity contribution >= 4 is 11.8 Å². The van der Waals surface area contributed by atoms with Crippen LogP contribution in [-0.4, -0.2) is 75.6 Å². The quantitative estimate of drug-likeness (QED) is 0.532. The number of aromatic nitrogens is 2. The zero-order valence-electron chi connectivity index (χ0n) is 21.8. The number of aliphatic hydroxyl groups is 1. The first-order valence-corrected chi connectivity index (χ1v) is 12.5. The molecule has 1 aliphatic rings. The van der Waals surface area contributed by atoms with Gasteiger partial charge < -0.3 is 19.6 Å². The lowest BCUT2D eigenvalue weighted by Gasteiger charge is -2.37. The molecule has 0 aliphatic carbocycles. The fourth-order valence-corrected chi connectivity index (χ4v) is 4.41. The van der Waals surface area contributed by atoms with E-state index in [1.165, 1.54) is 0 Å². The Kier molecular flexibility index (Phi) is 8.18. The van der Waals surface area contributed by atoms with E-state index in [-0.39, 0.29) is 42.7 Å².